The van der Waals surface area contributed by atoms with E-state index in [1.165, 1.54) is 7.11 Å². The summed E-state index contributed by atoms with van der Waals surface area (Å²) in [5, 5.41) is 6.08. The molecule has 0 fully saturated rings. The highest BCUT2D eigenvalue weighted by molar-refractivity contribution is 5.84. The fourth-order valence-corrected chi connectivity index (χ4v) is 2.67. The van der Waals surface area contributed by atoms with Crippen LogP contribution in [-0.2, 0) is 0 Å². The van der Waals surface area contributed by atoms with Gasteiger partial charge in [0.1, 0.15) is 23.2 Å². The molecule has 0 bridgehead atoms. The molecular weight excluding hydrogens is 333 g/mol. The van der Waals surface area contributed by atoms with Crippen molar-refractivity contribution in [2.75, 3.05) is 7.11 Å². The molecule has 0 spiro atoms. The van der Waals surface area contributed by atoms with Gasteiger partial charge in [-0.15, -0.1) is 0 Å². The molecular formula is C18H13F3N2O2. The lowest BCUT2D eigenvalue weighted by Crippen LogP contribution is -2.16. The molecule has 2 aromatic carbocycles. The van der Waals surface area contributed by atoms with Crippen LogP contribution in [0.25, 0.3) is 22.3 Å². The average Bonchev–Trinajstić information content (AvgIpc) is 2.57. The Balaban J connectivity index is 2.35. The van der Waals surface area contributed by atoms with Crippen molar-refractivity contribution in [2.45, 2.75) is 6.92 Å². The number of rotatable bonds is 3. The van der Waals surface area contributed by atoms with E-state index in [1.807, 2.05) is 0 Å². The maximum Gasteiger partial charge on any atom is 0.272 e. The summed E-state index contributed by atoms with van der Waals surface area (Å²) in [5.74, 6) is -2.81. The van der Waals surface area contributed by atoms with Gasteiger partial charge in [-0.2, -0.15) is 5.10 Å². The van der Waals surface area contributed by atoms with Crippen molar-refractivity contribution in [3.8, 4) is 28.0 Å². The highest BCUT2D eigenvalue weighted by atomic mass is 19.1. The van der Waals surface area contributed by atoms with Crippen LogP contribution in [0, 0.1) is 24.4 Å². The second-order valence-corrected chi connectivity index (χ2v) is 5.36. The van der Waals surface area contributed by atoms with Crippen LogP contribution in [0.2, 0.25) is 0 Å². The average molecular weight is 346 g/mol. The Morgan fingerprint density at radius 2 is 1.56 bits per heavy atom. The topological polar surface area (TPSA) is 55.0 Å². The number of aryl methyl sites for hydroxylation is 1. The largest absolute Gasteiger partial charge is 0.497 e. The third-order valence-electron chi connectivity index (χ3n) is 3.80. The van der Waals surface area contributed by atoms with Gasteiger partial charge in [-0.25, -0.2) is 18.3 Å². The minimum Gasteiger partial charge on any atom is -0.497 e. The summed E-state index contributed by atoms with van der Waals surface area (Å²) in [5.41, 5.74) is -0.471. The van der Waals surface area contributed by atoms with Gasteiger partial charge >= 0.3 is 0 Å². The highest BCUT2D eigenvalue weighted by Crippen LogP contribution is 2.34. The van der Waals surface area contributed by atoms with E-state index in [1.54, 1.807) is 31.2 Å². The number of nitrogens with one attached hydrogen (secondary N) is 1. The van der Waals surface area contributed by atoms with Crippen LogP contribution in [0.4, 0.5) is 13.2 Å². The Kier molecular flexibility index (Phi) is 4.31. The number of H-pyrrole nitrogens is 1. The highest BCUT2D eigenvalue weighted by Gasteiger charge is 2.22. The first-order chi connectivity index (χ1) is 11.9. The summed E-state index contributed by atoms with van der Waals surface area (Å²) in [4.78, 5) is 12.3. The fourth-order valence-electron chi connectivity index (χ4n) is 2.67. The van der Waals surface area contributed by atoms with E-state index in [0.29, 0.717) is 29.1 Å². The quantitative estimate of drug-likeness (QED) is 0.784. The van der Waals surface area contributed by atoms with E-state index in [0.717, 1.165) is 0 Å². The van der Waals surface area contributed by atoms with E-state index in [2.05, 4.69) is 10.2 Å². The summed E-state index contributed by atoms with van der Waals surface area (Å²) in [6.45, 7) is 1.60. The summed E-state index contributed by atoms with van der Waals surface area (Å²) < 4.78 is 46.8. The summed E-state index contributed by atoms with van der Waals surface area (Å²) in [7, 11) is 1.50. The lowest BCUT2D eigenvalue weighted by molar-refractivity contribution is 0.415. The molecule has 7 heteroatoms. The fraction of sp³-hybridized carbons (Fsp3) is 0.111. The third-order valence-corrected chi connectivity index (χ3v) is 3.80. The number of benzene rings is 2. The molecule has 0 radical (unpaired) electrons. The number of hydrogen-bond donors (Lipinski definition) is 1. The van der Waals surface area contributed by atoms with E-state index in [-0.39, 0.29) is 11.1 Å². The maximum atomic E-state index is 14.2. The molecule has 0 aliphatic heterocycles. The lowest BCUT2D eigenvalue weighted by Gasteiger charge is -2.13. The van der Waals surface area contributed by atoms with Gasteiger partial charge in [0, 0.05) is 17.7 Å². The van der Waals surface area contributed by atoms with Gasteiger partial charge in [-0.05, 0) is 24.6 Å². The van der Waals surface area contributed by atoms with Crippen LogP contribution in [0.15, 0.2) is 41.2 Å². The lowest BCUT2D eigenvalue weighted by atomic mass is 9.94. The van der Waals surface area contributed by atoms with Crippen LogP contribution in [0.1, 0.15) is 5.69 Å². The van der Waals surface area contributed by atoms with Gasteiger partial charge in [0.15, 0.2) is 0 Å². The van der Waals surface area contributed by atoms with Gasteiger partial charge in [-0.1, -0.05) is 12.1 Å². The first-order valence-electron chi connectivity index (χ1n) is 7.31. The van der Waals surface area contributed by atoms with Gasteiger partial charge in [0.2, 0.25) is 0 Å². The first-order valence-corrected chi connectivity index (χ1v) is 7.31. The Bertz CT molecular complexity index is 975. The van der Waals surface area contributed by atoms with E-state index >= 15 is 0 Å². The SMILES string of the molecule is COc1ccc(-c2c(C)n[nH]c(=O)c2-c2c(F)cc(F)cc2F)cc1. The zero-order chi connectivity index (χ0) is 18.1. The molecule has 0 saturated heterocycles. The van der Waals surface area contributed by atoms with Gasteiger partial charge < -0.3 is 4.74 Å². The summed E-state index contributed by atoms with van der Waals surface area (Å²) >= 11 is 0. The van der Waals surface area contributed by atoms with Gasteiger partial charge in [-0.3, -0.25) is 4.79 Å². The molecule has 0 saturated carbocycles. The molecule has 4 nitrogen and oxygen atoms in total. The van der Waals surface area contributed by atoms with Crippen LogP contribution in [-0.4, -0.2) is 17.3 Å². The molecule has 128 valence electrons. The number of aromatic amines is 1. The van der Waals surface area contributed by atoms with Crippen molar-refractivity contribution in [1.29, 1.82) is 0 Å². The number of methoxy groups -OCH3 is 1. The summed E-state index contributed by atoms with van der Waals surface area (Å²) in [6.07, 6.45) is 0. The molecule has 3 aromatic rings. The Labute approximate surface area is 140 Å². The molecule has 25 heavy (non-hydrogen) atoms. The molecule has 0 aliphatic rings. The number of halogens is 3. The van der Waals surface area contributed by atoms with Crippen molar-refractivity contribution in [2.24, 2.45) is 0 Å². The number of nitrogens with zero attached hydrogens (tertiary/aromatic N) is 1. The molecule has 1 N–H and O–H groups in total. The standard InChI is InChI=1S/C18H13F3N2O2/c1-9-15(10-3-5-12(25-2)6-4-10)17(18(24)23-22-9)16-13(20)7-11(19)8-14(16)21/h3-8H,1-2H3,(H,23,24). The Morgan fingerprint density at radius 3 is 2.12 bits per heavy atom. The molecule has 1 heterocycles. The molecule has 0 amide bonds. The van der Waals surface area contributed by atoms with Crippen LogP contribution < -0.4 is 10.3 Å². The molecule has 0 aliphatic carbocycles. The van der Waals surface area contributed by atoms with E-state index in [4.69, 9.17) is 4.74 Å². The van der Waals surface area contributed by atoms with E-state index < -0.39 is 28.6 Å². The van der Waals surface area contributed by atoms with Crippen molar-refractivity contribution in [3.63, 3.8) is 0 Å². The number of ether oxygens (including phenoxy) is 1. The normalized spacial score (nSPS) is 10.8. The van der Waals surface area contributed by atoms with E-state index in [9.17, 15) is 18.0 Å². The Morgan fingerprint density at radius 1 is 0.960 bits per heavy atom. The predicted molar refractivity (Wildman–Crippen MR) is 86.9 cm³/mol. The minimum atomic E-state index is -1.16. The summed E-state index contributed by atoms with van der Waals surface area (Å²) in [6, 6.07) is 7.65. The number of hydrogen-bond acceptors (Lipinski definition) is 3. The Hall–Kier alpha value is -3.09. The smallest absolute Gasteiger partial charge is 0.272 e. The maximum absolute atomic E-state index is 14.2. The van der Waals surface area contributed by atoms with Crippen LogP contribution in [0.5, 0.6) is 5.75 Å². The van der Waals surface area contributed by atoms with Crippen LogP contribution in [0.3, 0.4) is 0 Å². The van der Waals surface area contributed by atoms with Gasteiger partial charge in [0.05, 0.1) is 23.9 Å². The first kappa shape index (κ1) is 16.8. The van der Waals surface area contributed by atoms with Crippen molar-refractivity contribution in [1.82, 2.24) is 10.2 Å². The number of aromatic nitrogens is 2. The van der Waals surface area contributed by atoms with Crippen molar-refractivity contribution in [3.05, 3.63) is 69.9 Å². The van der Waals surface area contributed by atoms with Gasteiger partial charge in [0.25, 0.3) is 5.56 Å². The van der Waals surface area contributed by atoms with Crippen molar-refractivity contribution >= 4 is 0 Å². The predicted octanol–water partition coefficient (Wildman–Crippen LogP) is 3.84. The second-order valence-electron chi connectivity index (χ2n) is 5.36. The minimum absolute atomic E-state index is 0.243. The monoisotopic (exact) mass is 346 g/mol. The second kappa shape index (κ2) is 6.43. The third kappa shape index (κ3) is 3.00. The molecule has 3 rings (SSSR count). The van der Waals surface area contributed by atoms with Crippen LogP contribution >= 0.6 is 0 Å². The zero-order valence-electron chi connectivity index (χ0n) is 13.4. The molecule has 0 unspecified atom stereocenters. The molecule has 1 aromatic heterocycles. The zero-order valence-corrected chi connectivity index (χ0v) is 13.4. The molecule has 0 atom stereocenters. The van der Waals surface area contributed by atoms with Crippen molar-refractivity contribution < 1.29 is 17.9 Å².